The first-order chi connectivity index (χ1) is 5.95. The van der Waals surface area contributed by atoms with Crippen molar-refractivity contribution in [3.63, 3.8) is 0 Å². The van der Waals surface area contributed by atoms with Crippen molar-refractivity contribution in [3.8, 4) is 5.75 Å². The number of aromatic nitrogens is 1. The molecule has 1 rings (SSSR count). The number of alkyl halides is 3. The molecular formula is C7H5Cl4NO. The lowest BCUT2D eigenvalue weighted by atomic mass is 10.3. The summed E-state index contributed by atoms with van der Waals surface area (Å²) in [6.07, 6.45) is 1.39. The van der Waals surface area contributed by atoms with E-state index in [4.69, 9.17) is 51.1 Å². The monoisotopic (exact) mass is 259 g/mol. The van der Waals surface area contributed by atoms with Crippen molar-refractivity contribution in [2.75, 3.05) is 7.11 Å². The Balaban J connectivity index is 3.14. The summed E-state index contributed by atoms with van der Waals surface area (Å²) in [5.41, 5.74) is 0.416. The van der Waals surface area contributed by atoms with Crippen LogP contribution in [0.3, 0.4) is 0 Å². The van der Waals surface area contributed by atoms with Crippen LogP contribution in [-0.2, 0) is 3.79 Å². The van der Waals surface area contributed by atoms with E-state index in [9.17, 15) is 0 Å². The smallest absolute Gasteiger partial charge is 0.217 e. The lowest BCUT2D eigenvalue weighted by Crippen LogP contribution is -2.01. The van der Waals surface area contributed by atoms with Crippen LogP contribution >= 0.6 is 46.4 Å². The molecule has 0 amide bonds. The molecule has 0 N–H and O–H groups in total. The molecule has 1 aromatic heterocycles. The average molecular weight is 261 g/mol. The van der Waals surface area contributed by atoms with Gasteiger partial charge in [0.2, 0.25) is 3.79 Å². The Morgan fingerprint density at radius 3 is 2.46 bits per heavy atom. The van der Waals surface area contributed by atoms with Crippen molar-refractivity contribution in [1.29, 1.82) is 0 Å². The second-order valence-corrected chi connectivity index (χ2v) is 4.85. The number of pyridine rings is 1. The first kappa shape index (κ1) is 11.2. The van der Waals surface area contributed by atoms with E-state index in [0.717, 1.165) is 0 Å². The number of hydrogen-bond donors (Lipinski definition) is 0. The Kier molecular flexibility index (Phi) is 3.52. The van der Waals surface area contributed by atoms with Crippen molar-refractivity contribution in [2.24, 2.45) is 0 Å². The van der Waals surface area contributed by atoms with Crippen LogP contribution in [0.1, 0.15) is 5.56 Å². The molecule has 0 bridgehead atoms. The van der Waals surface area contributed by atoms with E-state index in [1.54, 1.807) is 0 Å². The lowest BCUT2D eigenvalue weighted by molar-refractivity contribution is 0.412. The maximum atomic E-state index is 5.68. The normalized spacial score (nSPS) is 11.5. The molecule has 0 radical (unpaired) electrons. The first-order valence-corrected chi connectivity index (χ1v) is 4.73. The highest BCUT2D eigenvalue weighted by molar-refractivity contribution is 6.66. The third kappa shape index (κ3) is 2.78. The number of hydrogen-bond acceptors (Lipinski definition) is 2. The first-order valence-electron chi connectivity index (χ1n) is 3.22. The van der Waals surface area contributed by atoms with Gasteiger partial charge in [-0.3, -0.25) is 0 Å². The van der Waals surface area contributed by atoms with Gasteiger partial charge in [0, 0.05) is 11.8 Å². The molecule has 0 saturated heterocycles. The zero-order valence-electron chi connectivity index (χ0n) is 6.52. The second kappa shape index (κ2) is 4.09. The standard InChI is InChI=1S/C7H5Cl4NO/c1-13-5-2-4(7(9,10)11)3-12-6(5)8/h2-3H,1H3. The number of methoxy groups -OCH3 is 1. The topological polar surface area (TPSA) is 22.1 Å². The zero-order valence-corrected chi connectivity index (χ0v) is 9.55. The minimum atomic E-state index is -1.51. The van der Waals surface area contributed by atoms with Crippen molar-refractivity contribution in [1.82, 2.24) is 4.98 Å². The zero-order chi connectivity index (χ0) is 10.1. The number of ether oxygens (including phenoxy) is 1. The quantitative estimate of drug-likeness (QED) is 0.569. The number of rotatable bonds is 1. The molecule has 0 aliphatic rings. The van der Waals surface area contributed by atoms with E-state index < -0.39 is 3.79 Å². The summed E-state index contributed by atoms with van der Waals surface area (Å²) in [5.74, 6) is 0.380. The molecule has 0 fully saturated rings. The number of halogens is 4. The Labute approximate surface area is 95.7 Å². The molecule has 1 aromatic rings. The van der Waals surface area contributed by atoms with Crippen molar-refractivity contribution < 1.29 is 4.74 Å². The van der Waals surface area contributed by atoms with Gasteiger partial charge in [-0.2, -0.15) is 0 Å². The molecule has 13 heavy (non-hydrogen) atoms. The predicted molar refractivity (Wildman–Crippen MR) is 55.0 cm³/mol. The molecule has 0 aliphatic carbocycles. The van der Waals surface area contributed by atoms with Gasteiger partial charge in [0.15, 0.2) is 10.9 Å². The fraction of sp³-hybridized carbons (Fsp3) is 0.286. The highest BCUT2D eigenvalue weighted by Crippen LogP contribution is 2.39. The summed E-state index contributed by atoms with van der Waals surface area (Å²) in [6, 6.07) is 1.53. The van der Waals surface area contributed by atoms with E-state index in [-0.39, 0.29) is 5.15 Å². The van der Waals surface area contributed by atoms with Crippen LogP contribution in [-0.4, -0.2) is 12.1 Å². The van der Waals surface area contributed by atoms with Gasteiger partial charge < -0.3 is 4.74 Å². The predicted octanol–water partition coefficient (Wildman–Crippen LogP) is 3.57. The molecule has 0 aromatic carbocycles. The molecule has 0 spiro atoms. The van der Waals surface area contributed by atoms with Gasteiger partial charge in [-0.15, -0.1) is 0 Å². The van der Waals surface area contributed by atoms with Gasteiger partial charge in [0.1, 0.15) is 0 Å². The Hall–Kier alpha value is 0.110. The summed E-state index contributed by atoms with van der Waals surface area (Å²) in [6.45, 7) is 0. The molecular weight excluding hydrogens is 256 g/mol. The molecule has 0 unspecified atom stereocenters. The third-order valence-corrected chi connectivity index (χ3v) is 2.29. The third-order valence-electron chi connectivity index (χ3n) is 1.35. The summed E-state index contributed by atoms with van der Waals surface area (Å²) in [4.78, 5) is 3.80. The average Bonchev–Trinajstić information content (AvgIpc) is 2.03. The summed E-state index contributed by atoms with van der Waals surface area (Å²) in [5, 5.41) is 0.237. The molecule has 0 atom stereocenters. The Morgan fingerprint density at radius 1 is 1.38 bits per heavy atom. The summed E-state index contributed by atoms with van der Waals surface area (Å²) >= 11 is 22.6. The van der Waals surface area contributed by atoms with Crippen LogP contribution in [0.5, 0.6) is 5.75 Å². The van der Waals surface area contributed by atoms with Gasteiger partial charge in [-0.05, 0) is 6.07 Å². The van der Waals surface area contributed by atoms with Crippen LogP contribution in [0, 0.1) is 0 Å². The molecule has 1 heterocycles. The van der Waals surface area contributed by atoms with Crippen LogP contribution in [0.4, 0.5) is 0 Å². The van der Waals surface area contributed by atoms with Crippen LogP contribution in [0.2, 0.25) is 5.15 Å². The summed E-state index contributed by atoms with van der Waals surface area (Å²) in [7, 11) is 1.46. The van der Waals surface area contributed by atoms with Crippen molar-refractivity contribution >= 4 is 46.4 Å². The fourth-order valence-corrected chi connectivity index (χ4v) is 1.22. The highest BCUT2D eigenvalue weighted by atomic mass is 35.6. The molecule has 6 heteroatoms. The Morgan fingerprint density at radius 2 is 2.00 bits per heavy atom. The van der Waals surface area contributed by atoms with Gasteiger partial charge in [0.25, 0.3) is 0 Å². The van der Waals surface area contributed by atoms with E-state index in [1.807, 2.05) is 0 Å². The van der Waals surface area contributed by atoms with E-state index >= 15 is 0 Å². The highest BCUT2D eigenvalue weighted by Gasteiger charge is 2.24. The minimum absolute atomic E-state index is 0.237. The largest absolute Gasteiger partial charge is 0.494 e. The van der Waals surface area contributed by atoms with E-state index in [0.29, 0.717) is 11.3 Å². The fourth-order valence-electron chi connectivity index (χ4n) is 0.726. The SMILES string of the molecule is COc1cc(C(Cl)(Cl)Cl)cnc1Cl. The van der Waals surface area contributed by atoms with Crippen molar-refractivity contribution in [3.05, 3.63) is 23.0 Å². The molecule has 72 valence electrons. The maximum absolute atomic E-state index is 5.68. The van der Waals surface area contributed by atoms with Gasteiger partial charge >= 0.3 is 0 Å². The van der Waals surface area contributed by atoms with Crippen LogP contribution in [0.15, 0.2) is 12.3 Å². The molecule has 0 saturated carbocycles. The summed E-state index contributed by atoms with van der Waals surface area (Å²) < 4.78 is 3.40. The van der Waals surface area contributed by atoms with Crippen LogP contribution < -0.4 is 4.74 Å². The Bertz CT molecular complexity index is 310. The van der Waals surface area contributed by atoms with Gasteiger partial charge in [-0.1, -0.05) is 46.4 Å². The molecule has 2 nitrogen and oxygen atoms in total. The van der Waals surface area contributed by atoms with Crippen molar-refractivity contribution in [2.45, 2.75) is 3.79 Å². The second-order valence-electron chi connectivity index (χ2n) is 2.21. The van der Waals surface area contributed by atoms with E-state index in [2.05, 4.69) is 4.98 Å². The van der Waals surface area contributed by atoms with Gasteiger partial charge in [-0.25, -0.2) is 4.98 Å². The number of nitrogens with zero attached hydrogens (tertiary/aromatic N) is 1. The van der Waals surface area contributed by atoms with Gasteiger partial charge in [0.05, 0.1) is 7.11 Å². The lowest BCUT2D eigenvalue weighted by Gasteiger charge is -2.12. The maximum Gasteiger partial charge on any atom is 0.217 e. The van der Waals surface area contributed by atoms with Crippen LogP contribution in [0.25, 0.3) is 0 Å². The molecule has 0 aliphatic heterocycles. The minimum Gasteiger partial charge on any atom is -0.494 e. The van der Waals surface area contributed by atoms with E-state index in [1.165, 1.54) is 19.4 Å².